The molecule has 2 rings (SSSR count). The molecule has 1 aliphatic carbocycles. The topological polar surface area (TPSA) is 42.2 Å². The summed E-state index contributed by atoms with van der Waals surface area (Å²) in [5.74, 6) is 3.05. The summed E-state index contributed by atoms with van der Waals surface area (Å²) in [6.45, 7) is 6.26. The van der Waals surface area contributed by atoms with Gasteiger partial charge in [-0.3, -0.25) is 4.79 Å². The van der Waals surface area contributed by atoms with E-state index in [0.29, 0.717) is 5.92 Å². The van der Waals surface area contributed by atoms with Crippen molar-refractivity contribution in [1.29, 1.82) is 0 Å². The molecule has 3 atom stereocenters. The smallest absolute Gasteiger partial charge is 0.244 e. The zero-order chi connectivity index (χ0) is 13.1. The number of carbonyl (C=O) groups excluding carboxylic acids is 1. The average molecular weight is 247 g/mol. The molecule has 0 aromatic carbocycles. The van der Waals surface area contributed by atoms with Gasteiger partial charge < -0.3 is 9.73 Å². The molecule has 1 fully saturated rings. The van der Waals surface area contributed by atoms with Crippen molar-refractivity contribution in [2.45, 2.75) is 45.6 Å². The van der Waals surface area contributed by atoms with Gasteiger partial charge in [0.05, 0.1) is 0 Å². The molecular formula is C15H21NO2. The minimum Gasteiger partial charge on any atom is -0.461 e. The lowest BCUT2D eigenvalue weighted by molar-refractivity contribution is -0.117. The first-order valence-electron chi connectivity index (χ1n) is 6.68. The van der Waals surface area contributed by atoms with Gasteiger partial charge in [-0.25, -0.2) is 0 Å². The van der Waals surface area contributed by atoms with Crippen LogP contribution in [0, 0.1) is 5.92 Å². The second-order valence-electron chi connectivity index (χ2n) is 5.21. The van der Waals surface area contributed by atoms with Crippen molar-refractivity contribution in [2.75, 3.05) is 0 Å². The molecule has 1 aromatic rings. The highest BCUT2D eigenvalue weighted by atomic mass is 16.3. The van der Waals surface area contributed by atoms with Crippen LogP contribution in [0.5, 0.6) is 0 Å². The number of carbonyl (C=O) groups is 1. The maximum absolute atomic E-state index is 11.6. The Morgan fingerprint density at radius 1 is 1.61 bits per heavy atom. The predicted octanol–water partition coefficient (Wildman–Crippen LogP) is 3.33. The fourth-order valence-corrected chi connectivity index (χ4v) is 1.93. The summed E-state index contributed by atoms with van der Waals surface area (Å²) in [6, 6.07) is 4.15. The standard InChI is InChI=1S/C15H21NO2/c1-4-11(3)16-15(17)8-6-12-5-7-14(18-12)13-9-10(13)2/h5-8,10-11,13H,4,9H2,1-3H3,(H,16,17)/b8-6-/t10-,11+,13-/m1/s1. The summed E-state index contributed by atoms with van der Waals surface area (Å²) in [6.07, 6.45) is 5.41. The van der Waals surface area contributed by atoms with Crippen LogP contribution in [-0.2, 0) is 4.79 Å². The van der Waals surface area contributed by atoms with Gasteiger partial charge in [0.2, 0.25) is 5.91 Å². The van der Waals surface area contributed by atoms with E-state index < -0.39 is 0 Å². The lowest BCUT2D eigenvalue weighted by Crippen LogP contribution is -2.30. The molecule has 18 heavy (non-hydrogen) atoms. The largest absolute Gasteiger partial charge is 0.461 e. The highest BCUT2D eigenvalue weighted by Gasteiger charge is 2.36. The Hall–Kier alpha value is -1.51. The van der Waals surface area contributed by atoms with E-state index in [9.17, 15) is 4.79 Å². The van der Waals surface area contributed by atoms with Crippen molar-refractivity contribution in [3.8, 4) is 0 Å². The molecule has 1 aliphatic rings. The van der Waals surface area contributed by atoms with Crippen molar-refractivity contribution >= 4 is 12.0 Å². The van der Waals surface area contributed by atoms with Gasteiger partial charge in [-0.15, -0.1) is 0 Å². The summed E-state index contributed by atoms with van der Waals surface area (Å²) >= 11 is 0. The van der Waals surface area contributed by atoms with E-state index in [1.807, 2.05) is 26.0 Å². The van der Waals surface area contributed by atoms with Gasteiger partial charge >= 0.3 is 0 Å². The summed E-state index contributed by atoms with van der Waals surface area (Å²) < 4.78 is 5.69. The van der Waals surface area contributed by atoms with Gasteiger partial charge in [0.1, 0.15) is 11.5 Å². The monoisotopic (exact) mass is 247 g/mol. The molecule has 0 bridgehead atoms. The van der Waals surface area contributed by atoms with Gasteiger partial charge in [0, 0.05) is 18.0 Å². The van der Waals surface area contributed by atoms with Gasteiger partial charge in [0.25, 0.3) is 0 Å². The van der Waals surface area contributed by atoms with Crippen LogP contribution in [0.4, 0.5) is 0 Å². The molecule has 98 valence electrons. The fourth-order valence-electron chi connectivity index (χ4n) is 1.93. The summed E-state index contributed by atoms with van der Waals surface area (Å²) in [4.78, 5) is 11.6. The first kappa shape index (κ1) is 12.9. The van der Waals surface area contributed by atoms with Crippen LogP contribution in [0.15, 0.2) is 22.6 Å². The van der Waals surface area contributed by atoms with E-state index in [1.54, 1.807) is 6.08 Å². The Kier molecular flexibility index (Phi) is 3.90. The number of rotatable bonds is 5. The predicted molar refractivity (Wildman–Crippen MR) is 72.2 cm³/mol. The van der Waals surface area contributed by atoms with Gasteiger partial charge in [-0.2, -0.15) is 0 Å². The van der Waals surface area contributed by atoms with E-state index in [2.05, 4.69) is 12.2 Å². The lowest BCUT2D eigenvalue weighted by Gasteiger charge is -2.08. The quantitative estimate of drug-likeness (QED) is 0.811. The molecule has 1 saturated carbocycles. The van der Waals surface area contributed by atoms with Crippen LogP contribution in [0.1, 0.15) is 51.1 Å². The number of hydrogen-bond donors (Lipinski definition) is 1. The second kappa shape index (κ2) is 5.42. The third kappa shape index (κ3) is 3.25. The van der Waals surface area contributed by atoms with Crippen LogP contribution in [0.3, 0.4) is 0 Å². The number of amides is 1. The summed E-state index contributed by atoms with van der Waals surface area (Å²) in [7, 11) is 0. The maximum Gasteiger partial charge on any atom is 0.244 e. The van der Waals surface area contributed by atoms with E-state index >= 15 is 0 Å². The van der Waals surface area contributed by atoms with Crippen LogP contribution in [-0.4, -0.2) is 11.9 Å². The number of hydrogen-bond acceptors (Lipinski definition) is 2. The van der Waals surface area contributed by atoms with Gasteiger partial charge in [-0.1, -0.05) is 13.8 Å². The third-order valence-corrected chi connectivity index (χ3v) is 3.52. The maximum atomic E-state index is 11.6. The van der Waals surface area contributed by atoms with Crippen molar-refractivity contribution < 1.29 is 9.21 Å². The Bertz CT molecular complexity index is 447. The van der Waals surface area contributed by atoms with Crippen LogP contribution >= 0.6 is 0 Å². The molecule has 3 heteroatoms. The Labute approximate surface area is 108 Å². The van der Waals surface area contributed by atoms with Crippen LogP contribution in [0.2, 0.25) is 0 Å². The summed E-state index contributed by atoms with van der Waals surface area (Å²) in [5, 5.41) is 2.88. The molecule has 1 aromatic heterocycles. The molecule has 3 nitrogen and oxygen atoms in total. The van der Waals surface area contributed by atoms with E-state index in [-0.39, 0.29) is 11.9 Å². The highest BCUT2D eigenvalue weighted by Crippen LogP contribution is 2.47. The Balaban J connectivity index is 1.88. The minimum absolute atomic E-state index is 0.0675. The molecule has 1 amide bonds. The van der Waals surface area contributed by atoms with E-state index in [1.165, 1.54) is 12.5 Å². The van der Waals surface area contributed by atoms with Crippen molar-refractivity contribution in [3.05, 3.63) is 29.7 Å². The van der Waals surface area contributed by atoms with Crippen molar-refractivity contribution in [3.63, 3.8) is 0 Å². The normalized spacial score (nSPS) is 24.2. The van der Waals surface area contributed by atoms with Crippen LogP contribution in [0.25, 0.3) is 6.08 Å². The molecule has 0 radical (unpaired) electrons. The SMILES string of the molecule is CC[C@H](C)NC(=O)/C=C\c1ccc([C@@H]2C[C@H]2C)o1. The van der Waals surface area contributed by atoms with E-state index in [0.717, 1.165) is 23.9 Å². The fraction of sp³-hybridized carbons (Fsp3) is 0.533. The number of nitrogens with one attached hydrogen (secondary N) is 1. The molecule has 0 unspecified atom stereocenters. The average Bonchev–Trinajstić information content (AvgIpc) is 2.90. The Morgan fingerprint density at radius 3 is 2.94 bits per heavy atom. The molecule has 0 saturated heterocycles. The Morgan fingerprint density at radius 2 is 2.33 bits per heavy atom. The zero-order valence-electron chi connectivity index (χ0n) is 11.3. The summed E-state index contributed by atoms with van der Waals surface area (Å²) in [5.41, 5.74) is 0. The first-order chi connectivity index (χ1) is 8.60. The van der Waals surface area contributed by atoms with Crippen LogP contribution < -0.4 is 5.32 Å². The zero-order valence-corrected chi connectivity index (χ0v) is 11.3. The van der Waals surface area contributed by atoms with Crippen molar-refractivity contribution in [1.82, 2.24) is 5.32 Å². The second-order valence-corrected chi connectivity index (χ2v) is 5.21. The van der Waals surface area contributed by atoms with Gasteiger partial charge in [0.15, 0.2) is 0 Å². The molecular weight excluding hydrogens is 226 g/mol. The van der Waals surface area contributed by atoms with Gasteiger partial charge in [-0.05, 0) is 43.9 Å². The van der Waals surface area contributed by atoms with Crippen molar-refractivity contribution in [2.24, 2.45) is 5.92 Å². The first-order valence-corrected chi connectivity index (χ1v) is 6.68. The molecule has 1 N–H and O–H groups in total. The van der Waals surface area contributed by atoms with E-state index in [4.69, 9.17) is 4.42 Å². The molecule has 0 aliphatic heterocycles. The number of furan rings is 1. The lowest BCUT2D eigenvalue weighted by atomic mass is 10.2. The molecule has 0 spiro atoms. The molecule has 1 heterocycles. The highest BCUT2D eigenvalue weighted by molar-refractivity contribution is 5.91. The minimum atomic E-state index is -0.0675. The third-order valence-electron chi connectivity index (χ3n) is 3.52.